The maximum atomic E-state index is 11.2. The third-order valence-electron chi connectivity index (χ3n) is 3.37. The highest BCUT2D eigenvalue weighted by Crippen LogP contribution is 2.21. The first-order valence-corrected chi connectivity index (χ1v) is 6.38. The number of nitrogens with zero attached hydrogens (tertiary/aromatic N) is 1. The maximum absolute atomic E-state index is 11.2. The number of Topliss-reactive ketones (excluding diaryl/α,β-unsaturated/α-hetero) is 1. The lowest BCUT2D eigenvalue weighted by molar-refractivity contribution is -0.137. The molecule has 0 radical (unpaired) electrons. The number of piperazine rings is 1. The summed E-state index contributed by atoms with van der Waals surface area (Å²) >= 11 is 0. The van der Waals surface area contributed by atoms with Crippen molar-refractivity contribution in [3.8, 4) is 0 Å². The zero-order valence-electron chi connectivity index (χ0n) is 10.9. The van der Waals surface area contributed by atoms with Crippen LogP contribution in [0.3, 0.4) is 0 Å². The van der Waals surface area contributed by atoms with Crippen molar-refractivity contribution >= 4 is 17.4 Å². The smallest absolute Gasteiger partial charge is 0.305 e. The Balaban J connectivity index is 2.17. The first-order chi connectivity index (χ1) is 9.08. The van der Waals surface area contributed by atoms with Gasteiger partial charge in [-0.3, -0.25) is 9.59 Å². The van der Waals surface area contributed by atoms with Gasteiger partial charge < -0.3 is 15.3 Å². The van der Waals surface area contributed by atoms with Crippen molar-refractivity contribution < 1.29 is 14.7 Å². The zero-order valence-corrected chi connectivity index (χ0v) is 10.9. The van der Waals surface area contributed by atoms with Gasteiger partial charge in [-0.2, -0.15) is 0 Å². The summed E-state index contributed by atoms with van der Waals surface area (Å²) in [5, 5.41) is 12.2. The molecule has 0 aliphatic carbocycles. The van der Waals surface area contributed by atoms with Gasteiger partial charge in [-0.1, -0.05) is 0 Å². The summed E-state index contributed by atoms with van der Waals surface area (Å²) in [7, 11) is 0. The van der Waals surface area contributed by atoms with E-state index >= 15 is 0 Å². The molecule has 1 aliphatic heterocycles. The highest BCUT2D eigenvalue weighted by atomic mass is 16.4. The predicted octanol–water partition coefficient (Wildman–Crippen LogP) is 1.14. The summed E-state index contributed by atoms with van der Waals surface area (Å²) in [6.07, 6.45) is 0.113. The Morgan fingerprint density at radius 2 is 2.05 bits per heavy atom. The van der Waals surface area contributed by atoms with Crippen molar-refractivity contribution in [2.24, 2.45) is 0 Å². The van der Waals surface area contributed by atoms with E-state index < -0.39 is 5.97 Å². The second-order valence-corrected chi connectivity index (χ2v) is 4.75. The van der Waals surface area contributed by atoms with Gasteiger partial charge in [-0.05, 0) is 31.2 Å². The number of hydrogen-bond acceptors (Lipinski definition) is 4. The summed E-state index contributed by atoms with van der Waals surface area (Å²) in [6.45, 7) is 3.82. The van der Waals surface area contributed by atoms with Gasteiger partial charge in [0.05, 0.1) is 12.5 Å². The normalized spacial score (nSPS) is 19.2. The van der Waals surface area contributed by atoms with Crippen LogP contribution in [0.2, 0.25) is 0 Å². The Morgan fingerprint density at radius 1 is 1.37 bits per heavy atom. The molecule has 102 valence electrons. The number of carboxylic acids is 1. The van der Waals surface area contributed by atoms with Gasteiger partial charge in [0, 0.05) is 30.9 Å². The molecule has 5 nitrogen and oxygen atoms in total. The van der Waals surface area contributed by atoms with Crippen LogP contribution in [0.25, 0.3) is 0 Å². The van der Waals surface area contributed by atoms with Gasteiger partial charge in [0.25, 0.3) is 0 Å². The van der Waals surface area contributed by atoms with E-state index in [4.69, 9.17) is 5.11 Å². The van der Waals surface area contributed by atoms with Gasteiger partial charge in [0.1, 0.15) is 0 Å². The minimum Gasteiger partial charge on any atom is -0.481 e. The molecule has 0 spiro atoms. The summed E-state index contributed by atoms with van der Waals surface area (Å²) in [5.41, 5.74) is 1.64. The van der Waals surface area contributed by atoms with Crippen LogP contribution >= 0.6 is 0 Å². The monoisotopic (exact) mass is 262 g/mol. The first-order valence-electron chi connectivity index (χ1n) is 6.38. The van der Waals surface area contributed by atoms with Gasteiger partial charge in [-0.25, -0.2) is 0 Å². The number of anilines is 1. The summed E-state index contributed by atoms with van der Waals surface area (Å²) in [4.78, 5) is 24.2. The van der Waals surface area contributed by atoms with E-state index in [1.54, 1.807) is 12.1 Å². The van der Waals surface area contributed by atoms with Crippen molar-refractivity contribution in [3.05, 3.63) is 29.8 Å². The first kappa shape index (κ1) is 13.5. The largest absolute Gasteiger partial charge is 0.481 e. The van der Waals surface area contributed by atoms with Gasteiger partial charge in [-0.15, -0.1) is 0 Å². The molecule has 1 saturated heterocycles. The second-order valence-electron chi connectivity index (χ2n) is 4.75. The van der Waals surface area contributed by atoms with Crippen LogP contribution in [0, 0.1) is 0 Å². The van der Waals surface area contributed by atoms with Crippen molar-refractivity contribution in [2.75, 3.05) is 24.5 Å². The van der Waals surface area contributed by atoms with Gasteiger partial charge in [0.2, 0.25) is 0 Å². The zero-order chi connectivity index (χ0) is 13.8. The Hall–Kier alpha value is -1.88. The molecule has 2 N–H and O–H groups in total. The van der Waals surface area contributed by atoms with Gasteiger partial charge in [0.15, 0.2) is 5.78 Å². The molecule has 1 unspecified atom stereocenters. The molecule has 1 aromatic carbocycles. The van der Waals surface area contributed by atoms with E-state index in [2.05, 4.69) is 10.2 Å². The third-order valence-corrected chi connectivity index (χ3v) is 3.37. The van der Waals surface area contributed by atoms with Crippen molar-refractivity contribution in [2.45, 2.75) is 19.4 Å². The molecular formula is C14H18N2O3. The standard InChI is InChI=1S/C14H18N2O3/c1-10(17)11-2-4-12(5-3-11)16-7-6-15-9-13(16)8-14(18)19/h2-5,13,15H,6-9H2,1H3,(H,18,19). The number of carboxylic acid groups (broad SMARTS) is 1. The Morgan fingerprint density at radius 3 is 2.63 bits per heavy atom. The third kappa shape index (κ3) is 3.32. The second kappa shape index (κ2) is 5.84. The molecule has 1 atom stereocenters. The summed E-state index contributed by atoms with van der Waals surface area (Å²) < 4.78 is 0. The fourth-order valence-corrected chi connectivity index (χ4v) is 2.37. The van der Waals surface area contributed by atoms with E-state index in [-0.39, 0.29) is 18.2 Å². The lowest BCUT2D eigenvalue weighted by Crippen LogP contribution is -2.52. The molecule has 1 aromatic rings. The predicted molar refractivity (Wildman–Crippen MR) is 72.7 cm³/mol. The molecule has 2 rings (SSSR count). The number of carbonyl (C=O) groups is 2. The fourth-order valence-electron chi connectivity index (χ4n) is 2.37. The number of ketones is 1. The minimum absolute atomic E-state index is 0.0361. The molecule has 0 amide bonds. The molecule has 1 aliphatic rings. The van der Waals surface area contributed by atoms with Crippen molar-refractivity contribution in [1.82, 2.24) is 5.32 Å². The molecule has 5 heteroatoms. The Labute approximate surface area is 112 Å². The summed E-state index contributed by atoms with van der Waals surface area (Å²) in [6, 6.07) is 7.30. The molecule has 19 heavy (non-hydrogen) atoms. The number of nitrogens with one attached hydrogen (secondary N) is 1. The number of rotatable bonds is 4. The average Bonchev–Trinajstić information content (AvgIpc) is 2.39. The van der Waals surface area contributed by atoms with Crippen molar-refractivity contribution in [3.63, 3.8) is 0 Å². The molecule has 1 fully saturated rings. The molecular weight excluding hydrogens is 244 g/mol. The van der Waals surface area contributed by atoms with E-state index in [0.29, 0.717) is 12.1 Å². The van der Waals surface area contributed by atoms with Crippen LogP contribution in [0.1, 0.15) is 23.7 Å². The maximum Gasteiger partial charge on any atom is 0.305 e. The van der Waals surface area contributed by atoms with Crippen LogP contribution in [-0.2, 0) is 4.79 Å². The van der Waals surface area contributed by atoms with E-state index in [9.17, 15) is 9.59 Å². The number of hydrogen-bond donors (Lipinski definition) is 2. The lowest BCUT2D eigenvalue weighted by Gasteiger charge is -2.37. The fraction of sp³-hybridized carbons (Fsp3) is 0.429. The van der Waals surface area contributed by atoms with Crippen LogP contribution < -0.4 is 10.2 Å². The topological polar surface area (TPSA) is 69.6 Å². The highest BCUT2D eigenvalue weighted by molar-refractivity contribution is 5.94. The SMILES string of the molecule is CC(=O)c1ccc(N2CCNCC2CC(=O)O)cc1. The van der Waals surface area contributed by atoms with Crippen LogP contribution in [0.5, 0.6) is 0 Å². The number of benzene rings is 1. The van der Waals surface area contributed by atoms with Crippen LogP contribution in [0.15, 0.2) is 24.3 Å². The number of carbonyl (C=O) groups excluding carboxylic acids is 1. The number of aliphatic carboxylic acids is 1. The quantitative estimate of drug-likeness (QED) is 0.796. The van der Waals surface area contributed by atoms with Gasteiger partial charge >= 0.3 is 5.97 Å². The van der Waals surface area contributed by atoms with E-state index in [1.807, 2.05) is 12.1 Å². The lowest BCUT2D eigenvalue weighted by atomic mass is 10.1. The average molecular weight is 262 g/mol. The van der Waals surface area contributed by atoms with Crippen LogP contribution in [-0.4, -0.2) is 42.5 Å². The van der Waals surface area contributed by atoms with E-state index in [0.717, 1.165) is 18.8 Å². The van der Waals surface area contributed by atoms with Crippen molar-refractivity contribution in [1.29, 1.82) is 0 Å². The van der Waals surface area contributed by atoms with E-state index in [1.165, 1.54) is 6.92 Å². The Kier molecular flexibility index (Phi) is 4.16. The molecule has 0 bridgehead atoms. The molecule has 1 heterocycles. The highest BCUT2D eigenvalue weighted by Gasteiger charge is 2.24. The summed E-state index contributed by atoms with van der Waals surface area (Å²) in [5.74, 6) is -0.756. The minimum atomic E-state index is -0.793. The van der Waals surface area contributed by atoms with Crippen LogP contribution in [0.4, 0.5) is 5.69 Å². The molecule has 0 saturated carbocycles. The Bertz CT molecular complexity index is 470. The molecule has 0 aromatic heterocycles.